The van der Waals surface area contributed by atoms with E-state index in [9.17, 15) is 13.6 Å². The summed E-state index contributed by atoms with van der Waals surface area (Å²) in [6.45, 7) is 1.32. The van der Waals surface area contributed by atoms with Gasteiger partial charge in [-0.05, 0) is 33.1 Å². The third-order valence-corrected chi connectivity index (χ3v) is 2.76. The first-order chi connectivity index (χ1) is 8.82. The van der Waals surface area contributed by atoms with Crippen LogP contribution in [0.15, 0.2) is 12.1 Å². The Bertz CT molecular complexity index is 463. The maximum atomic E-state index is 13.5. The van der Waals surface area contributed by atoms with Gasteiger partial charge in [-0.2, -0.15) is 0 Å². The number of halogens is 2. The van der Waals surface area contributed by atoms with Crippen LogP contribution in [0, 0.1) is 11.6 Å². The Hall–Kier alpha value is -1.69. The van der Waals surface area contributed by atoms with Crippen LogP contribution in [0.3, 0.4) is 0 Å². The molecule has 2 N–H and O–H groups in total. The molecular formula is C13H19F2N3O. The van der Waals surface area contributed by atoms with Gasteiger partial charge in [0.2, 0.25) is 0 Å². The number of nitrogens with zero attached hydrogens (tertiary/aromatic N) is 2. The van der Waals surface area contributed by atoms with Crippen LogP contribution < -0.4 is 5.73 Å². The Kier molecular flexibility index (Phi) is 5.23. The van der Waals surface area contributed by atoms with Gasteiger partial charge in [-0.25, -0.2) is 8.78 Å². The summed E-state index contributed by atoms with van der Waals surface area (Å²) in [7, 11) is 5.45. The van der Waals surface area contributed by atoms with Crippen molar-refractivity contribution in [3.05, 3.63) is 29.3 Å². The van der Waals surface area contributed by atoms with E-state index in [-0.39, 0.29) is 11.3 Å². The molecule has 106 valence electrons. The first kappa shape index (κ1) is 15.4. The van der Waals surface area contributed by atoms with Crippen LogP contribution in [0.2, 0.25) is 0 Å². The molecule has 0 fully saturated rings. The third-order valence-electron chi connectivity index (χ3n) is 2.76. The molecule has 4 nitrogen and oxygen atoms in total. The summed E-state index contributed by atoms with van der Waals surface area (Å²) in [4.78, 5) is 15.4. The normalized spacial score (nSPS) is 10.8. The molecule has 1 amide bonds. The van der Waals surface area contributed by atoms with Crippen molar-refractivity contribution in [1.82, 2.24) is 9.80 Å². The van der Waals surface area contributed by atoms with Crippen LogP contribution in [-0.4, -0.2) is 49.9 Å². The lowest BCUT2D eigenvalue weighted by molar-refractivity contribution is 0.0786. The molecule has 0 radical (unpaired) electrons. The summed E-state index contributed by atoms with van der Waals surface area (Å²) in [5.41, 5.74) is 4.92. The van der Waals surface area contributed by atoms with E-state index in [2.05, 4.69) is 0 Å². The highest BCUT2D eigenvalue weighted by Gasteiger charge is 2.18. The zero-order chi connectivity index (χ0) is 14.6. The maximum absolute atomic E-state index is 13.5. The average Bonchev–Trinajstić information content (AvgIpc) is 2.32. The molecule has 0 spiro atoms. The van der Waals surface area contributed by atoms with Crippen LogP contribution in [0.1, 0.15) is 16.8 Å². The van der Waals surface area contributed by atoms with E-state index in [0.717, 1.165) is 19.0 Å². The summed E-state index contributed by atoms with van der Waals surface area (Å²) >= 11 is 0. The van der Waals surface area contributed by atoms with Gasteiger partial charge in [0, 0.05) is 19.7 Å². The molecule has 0 aliphatic rings. The number of benzene rings is 1. The minimum absolute atomic E-state index is 0.203. The van der Waals surface area contributed by atoms with Crippen molar-refractivity contribution in [1.29, 1.82) is 0 Å². The van der Waals surface area contributed by atoms with E-state index in [4.69, 9.17) is 5.73 Å². The van der Waals surface area contributed by atoms with E-state index >= 15 is 0 Å². The van der Waals surface area contributed by atoms with Gasteiger partial charge >= 0.3 is 0 Å². The third kappa shape index (κ3) is 4.17. The highest BCUT2D eigenvalue weighted by molar-refractivity contribution is 5.95. The molecule has 0 atom stereocenters. The minimum atomic E-state index is -0.892. The molecule has 1 rings (SSSR count). The first-order valence-corrected chi connectivity index (χ1v) is 5.97. The number of carbonyl (C=O) groups excluding carboxylic acids is 1. The van der Waals surface area contributed by atoms with E-state index < -0.39 is 17.5 Å². The highest BCUT2D eigenvalue weighted by atomic mass is 19.1. The Morgan fingerprint density at radius 2 is 1.79 bits per heavy atom. The molecule has 0 saturated heterocycles. The molecule has 19 heavy (non-hydrogen) atoms. The summed E-state index contributed by atoms with van der Waals surface area (Å²) < 4.78 is 26.6. The Morgan fingerprint density at radius 1 is 1.16 bits per heavy atom. The molecule has 1 aromatic carbocycles. The zero-order valence-corrected chi connectivity index (χ0v) is 11.4. The molecule has 0 aliphatic carbocycles. The standard InChI is InChI=1S/C13H19F2N3O/c1-17(2)5-4-6-18(3)13(19)9-7-12(16)11(15)8-10(9)14/h7-8H,4-6,16H2,1-3H3. The number of nitrogens with two attached hydrogens (primary N) is 1. The van der Waals surface area contributed by atoms with E-state index in [1.807, 2.05) is 19.0 Å². The second-order valence-electron chi connectivity index (χ2n) is 4.74. The smallest absolute Gasteiger partial charge is 0.256 e. The summed E-state index contributed by atoms with van der Waals surface area (Å²) in [5, 5.41) is 0. The summed E-state index contributed by atoms with van der Waals surface area (Å²) in [5.74, 6) is -2.25. The van der Waals surface area contributed by atoms with Crippen LogP contribution in [0.4, 0.5) is 14.5 Å². The maximum Gasteiger partial charge on any atom is 0.256 e. The van der Waals surface area contributed by atoms with Gasteiger partial charge in [0.05, 0.1) is 11.3 Å². The highest BCUT2D eigenvalue weighted by Crippen LogP contribution is 2.18. The molecule has 0 unspecified atom stereocenters. The zero-order valence-electron chi connectivity index (χ0n) is 11.4. The predicted octanol–water partition coefficient (Wildman–Crippen LogP) is 1.57. The van der Waals surface area contributed by atoms with Gasteiger partial charge < -0.3 is 15.5 Å². The molecule has 0 heterocycles. The number of carbonyl (C=O) groups is 1. The van der Waals surface area contributed by atoms with E-state index in [0.29, 0.717) is 12.6 Å². The summed E-state index contributed by atoms with van der Waals surface area (Å²) in [6, 6.07) is 1.67. The van der Waals surface area contributed by atoms with Gasteiger partial charge in [-0.1, -0.05) is 0 Å². The second-order valence-corrected chi connectivity index (χ2v) is 4.74. The molecular weight excluding hydrogens is 252 g/mol. The van der Waals surface area contributed by atoms with Crippen molar-refractivity contribution >= 4 is 11.6 Å². The molecule has 6 heteroatoms. The lowest BCUT2D eigenvalue weighted by Gasteiger charge is -2.19. The number of anilines is 1. The molecule has 0 aromatic heterocycles. The predicted molar refractivity (Wildman–Crippen MR) is 70.9 cm³/mol. The Balaban J connectivity index is 2.74. The van der Waals surface area contributed by atoms with Crippen molar-refractivity contribution in [2.75, 3.05) is 40.0 Å². The number of hydrogen-bond donors (Lipinski definition) is 1. The van der Waals surface area contributed by atoms with Gasteiger partial charge in [0.25, 0.3) is 5.91 Å². The fourth-order valence-corrected chi connectivity index (χ4v) is 1.66. The lowest BCUT2D eigenvalue weighted by atomic mass is 10.1. The van der Waals surface area contributed by atoms with E-state index in [1.54, 1.807) is 7.05 Å². The first-order valence-electron chi connectivity index (χ1n) is 5.97. The number of rotatable bonds is 5. The number of nitrogen functional groups attached to an aromatic ring is 1. The van der Waals surface area contributed by atoms with Gasteiger partial charge in [-0.3, -0.25) is 4.79 Å². The number of hydrogen-bond acceptors (Lipinski definition) is 3. The van der Waals surface area contributed by atoms with Crippen LogP contribution in [-0.2, 0) is 0 Å². The second kappa shape index (κ2) is 6.47. The Labute approximate surface area is 111 Å². The van der Waals surface area contributed by atoms with E-state index in [1.165, 1.54) is 4.90 Å². The topological polar surface area (TPSA) is 49.6 Å². The lowest BCUT2D eigenvalue weighted by Crippen LogP contribution is -2.30. The van der Waals surface area contributed by atoms with Gasteiger partial charge in [-0.15, -0.1) is 0 Å². The summed E-state index contributed by atoms with van der Waals surface area (Å²) in [6.07, 6.45) is 0.771. The van der Waals surface area contributed by atoms with Crippen LogP contribution >= 0.6 is 0 Å². The van der Waals surface area contributed by atoms with Crippen molar-refractivity contribution < 1.29 is 13.6 Å². The van der Waals surface area contributed by atoms with Crippen molar-refractivity contribution in [2.45, 2.75) is 6.42 Å². The number of amides is 1. The largest absolute Gasteiger partial charge is 0.396 e. The van der Waals surface area contributed by atoms with Gasteiger partial charge in [0.1, 0.15) is 11.6 Å². The molecule has 0 aliphatic heterocycles. The molecule has 1 aromatic rings. The fourth-order valence-electron chi connectivity index (χ4n) is 1.66. The van der Waals surface area contributed by atoms with Crippen molar-refractivity contribution in [3.8, 4) is 0 Å². The van der Waals surface area contributed by atoms with Crippen molar-refractivity contribution in [2.24, 2.45) is 0 Å². The Morgan fingerprint density at radius 3 is 2.37 bits per heavy atom. The minimum Gasteiger partial charge on any atom is -0.396 e. The molecule has 0 saturated carbocycles. The quantitative estimate of drug-likeness (QED) is 0.827. The van der Waals surface area contributed by atoms with Crippen LogP contribution in [0.25, 0.3) is 0 Å². The molecule has 0 bridgehead atoms. The SMILES string of the molecule is CN(C)CCCN(C)C(=O)c1cc(N)c(F)cc1F. The fraction of sp³-hybridized carbons (Fsp3) is 0.462. The van der Waals surface area contributed by atoms with Crippen LogP contribution in [0.5, 0.6) is 0 Å². The van der Waals surface area contributed by atoms with Crippen molar-refractivity contribution in [3.63, 3.8) is 0 Å². The average molecular weight is 271 g/mol. The monoisotopic (exact) mass is 271 g/mol. The van der Waals surface area contributed by atoms with Gasteiger partial charge in [0.15, 0.2) is 0 Å².